The van der Waals surface area contributed by atoms with Gasteiger partial charge in [-0.1, -0.05) is 6.92 Å². The summed E-state index contributed by atoms with van der Waals surface area (Å²) >= 11 is 0. The van der Waals surface area contributed by atoms with E-state index in [0.717, 1.165) is 6.42 Å². The summed E-state index contributed by atoms with van der Waals surface area (Å²) in [6, 6.07) is 4.02. The maximum atomic E-state index is 12.7. The molecule has 0 fully saturated rings. The minimum Gasteiger partial charge on any atom is -0.493 e. The number of aryl methyl sites for hydroxylation is 1. The molecule has 0 bridgehead atoms. The zero-order chi connectivity index (χ0) is 23.8. The normalized spacial score (nSPS) is 11.5. The van der Waals surface area contributed by atoms with Crippen molar-refractivity contribution in [2.24, 2.45) is 5.73 Å². The Morgan fingerprint density at radius 3 is 2.56 bits per heavy atom. The van der Waals surface area contributed by atoms with Crippen molar-refractivity contribution < 1.29 is 19.1 Å². The number of anilines is 1. The zero-order valence-corrected chi connectivity index (χ0v) is 18.7. The van der Waals surface area contributed by atoms with Crippen LogP contribution in [0.2, 0.25) is 0 Å². The number of primary amides is 1. The summed E-state index contributed by atoms with van der Waals surface area (Å²) in [6.45, 7) is 7.14. The summed E-state index contributed by atoms with van der Waals surface area (Å²) in [4.78, 5) is 54.8. The van der Waals surface area contributed by atoms with Crippen molar-refractivity contribution in [3.63, 3.8) is 0 Å². The number of hydrogen-bond donors (Lipinski definition) is 4. The third kappa shape index (κ3) is 6.66. The average molecular weight is 444 g/mol. The van der Waals surface area contributed by atoms with Gasteiger partial charge in [0.2, 0.25) is 17.7 Å². The van der Waals surface area contributed by atoms with E-state index in [4.69, 9.17) is 10.5 Å². The highest BCUT2D eigenvalue weighted by atomic mass is 16.5. The van der Waals surface area contributed by atoms with E-state index < -0.39 is 23.8 Å². The number of amides is 3. The number of aromatic amines is 1. The standard InChI is InChI=1S/C22H29N5O5/c1-5-10-32-18-8-6-15(11-16(18)20-24-13(3)12(2)21(30)27-20)26-22(31)17(25-14(4)28)7-9-19(23)29/h6,8,11,17H,5,7,9-10H2,1-4H3,(H2,23,29)(H,25,28)(H,26,31)(H,24,27,30). The van der Waals surface area contributed by atoms with Crippen molar-refractivity contribution >= 4 is 23.4 Å². The first-order chi connectivity index (χ1) is 15.1. The molecule has 10 heteroatoms. The summed E-state index contributed by atoms with van der Waals surface area (Å²) in [5, 5.41) is 5.24. The smallest absolute Gasteiger partial charge is 0.254 e. The van der Waals surface area contributed by atoms with Crippen LogP contribution in [0.5, 0.6) is 5.75 Å². The molecule has 1 atom stereocenters. The van der Waals surface area contributed by atoms with Crippen molar-refractivity contribution in [3.8, 4) is 17.1 Å². The molecule has 0 spiro atoms. The Morgan fingerprint density at radius 2 is 1.97 bits per heavy atom. The van der Waals surface area contributed by atoms with Gasteiger partial charge in [0, 0.05) is 30.3 Å². The van der Waals surface area contributed by atoms with Crippen molar-refractivity contribution in [2.75, 3.05) is 11.9 Å². The van der Waals surface area contributed by atoms with Crippen LogP contribution >= 0.6 is 0 Å². The average Bonchev–Trinajstić information content (AvgIpc) is 2.73. The Balaban J connectivity index is 2.39. The second kappa shape index (κ2) is 11.1. The van der Waals surface area contributed by atoms with Gasteiger partial charge in [-0.2, -0.15) is 0 Å². The maximum absolute atomic E-state index is 12.7. The molecule has 2 aromatic rings. The fourth-order valence-electron chi connectivity index (χ4n) is 2.93. The van der Waals surface area contributed by atoms with Gasteiger partial charge in [0.05, 0.1) is 12.2 Å². The molecule has 0 aliphatic rings. The molecule has 0 radical (unpaired) electrons. The van der Waals surface area contributed by atoms with Gasteiger partial charge >= 0.3 is 0 Å². The lowest BCUT2D eigenvalue weighted by Gasteiger charge is -2.18. The molecular formula is C22H29N5O5. The number of nitrogens with one attached hydrogen (secondary N) is 3. The molecule has 10 nitrogen and oxygen atoms in total. The number of ether oxygens (including phenoxy) is 1. The van der Waals surface area contributed by atoms with Crippen LogP contribution in [0.25, 0.3) is 11.4 Å². The Labute approximate surface area is 186 Å². The van der Waals surface area contributed by atoms with Gasteiger partial charge in [-0.3, -0.25) is 19.2 Å². The molecule has 3 amide bonds. The van der Waals surface area contributed by atoms with Gasteiger partial charge in [-0.05, 0) is 44.9 Å². The largest absolute Gasteiger partial charge is 0.493 e. The van der Waals surface area contributed by atoms with Gasteiger partial charge in [0.15, 0.2) is 0 Å². The first-order valence-corrected chi connectivity index (χ1v) is 10.3. The van der Waals surface area contributed by atoms with E-state index in [-0.39, 0.29) is 18.4 Å². The third-order valence-corrected chi connectivity index (χ3v) is 4.73. The second-order valence-electron chi connectivity index (χ2n) is 7.43. The number of H-pyrrole nitrogens is 1. The monoisotopic (exact) mass is 443 g/mol. The first-order valence-electron chi connectivity index (χ1n) is 10.3. The highest BCUT2D eigenvalue weighted by Crippen LogP contribution is 2.31. The zero-order valence-electron chi connectivity index (χ0n) is 18.7. The molecule has 0 aliphatic heterocycles. The van der Waals surface area contributed by atoms with Crippen molar-refractivity contribution in [1.82, 2.24) is 15.3 Å². The number of hydrogen-bond acceptors (Lipinski definition) is 6. The Kier molecular flexibility index (Phi) is 8.51. The highest BCUT2D eigenvalue weighted by molar-refractivity contribution is 5.97. The fourth-order valence-corrected chi connectivity index (χ4v) is 2.93. The summed E-state index contributed by atoms with van der Waals surface area (Å²) in [5.41, 5.74) is 6.91. The van der Waals surface area contributed by atoms with Crippen LogP contribution < -0.4 is 26.7 Å². The lowest BCUT2D eigenvalue weighted by Crippen LogP contribution is -2.43. The molecule has 172 valence electrons. The summed E-state index contributed by atoms with van der Waals surface area (Å²) in [7, 11) is 0. The molecule has 1 aromatic heterocycles. The molecule has 1 unspecified atom stereocenters. The van der Waals surface area contributed by atoms with E-state index in [0.29, 0.717) is 40.7 Å². The quantitative estimate of drug-likeness (QED) is 0.436. The molecule has 0 saturated heterocycles. The Morgan fingerprint density at radius 1 is 1.25 bits per heavy atom. The van der Waals surface area contributed by atoms with Crippen LogP contribution in [-0.2, 0) is 14.4 Å². The molecule has 5 N–H and O–H groups in total. The molecule has 0 saturated carbocycles. The topological polar surface area (TPSA) is 156 Å². The van der Waals surface area contributed by atoms with E-state index in [2.05, 4.69) is 20.6 Å². The molecule has 1 aromatic carbocycles. The van der Waals surface area contributed by atoms with Gasteiger partial charge in [0.25, 0.3) is 5.56 Å². The van der Waals surface area contributed by atoms with Gasteiger partial charge < -0.3 is 26.1 Å². The number of carbonyl (C=O) groups excluding carboxylic acids is 3. The third-order valence-electron chi connectivity index (χ3n) is 4.73. The first kappa shape index (κ1) is 24.6. The van der Waals surface area contributed by atoms with Crippen LogP contribution in [0, 0.1) is 13.8 Å². The summed E-state index contributed by atoms with van der Waals surface area (Å²) < 4.78 is 5.79. The van der Waals surface area contributed by atoms with Crippen LogP contribution in [0.3, 0.4) is 0 Å². The Bertz CT molecular complexity index is 1060. The highest BCUT2D eigenvalue weighted by Gasteiger charge is 2.21. The second-order valence-corrected chi connectivity index (χ2v) is 7.43. The van der Waals surface area contributed by atoms with E-state index in [1.54, 1.807) is 32.0 Å². The van der Waals surface area contributed by atoms with E-state index in [9.17, 15) is 19.2 Å². The van der Waals surface area contributed by atoms with Crippen LogP contribution in [0.1, 0.15) is 44.4 Å². The number of rotatable bonds is 10. The van der Waals surface area contributed by atoms with E-state index >= 15 is 0 Å². The van der Waals surface area contributed by atoms with Gasteiger partial charge in [0.1, 0.15) is 17.6 Å². The molecule has 1 heterocycles. The molecule has 0 aliphatic carbocycles. The van der Waals surface area contributed by atoms with Crippen molar-refractivity contribution in [3.05, 3.63) is 39.8 Å². The number of nitrogens with zero attached hydrogens (tertiary/aromatic N) is 1. The fraction of sp³-hybridized carbons (Fsp3) is 0.409. The molecule has 32 heavy (non-hydrogen) atoms. The van der Waals surface area contributed by atoms with E-state index in [1.807, 2.05) is 6.92 Å². The lowest BCUT2D eigenvalue weighted by atomic mass is 10.1. The SMILES string of the molecule is CCCOc1ccc(NC(=O)C(CCC(N)=O)NC(C)=O)cc1-c1nc(C)c(C)c(=O)[nH]1. The lowest BCUT2D eigenvalue weighted by molar-refractivity contribution is -0.126. The minimum absolute atomic E-state index is 0.0544. The van der Waals surface area contributed by atoms with Crippen molar-refractivity contribution in [2.45, 2.75) is 53.0 Å². The number of carbonyl (C=O) groups is 3. The number of benzene rings is 1. The predicted octanol–water partition coefficient (Wildman–Crippen LogP) is 1.55. The summed E-state index contributed by atoms with van der Waals surface area (Å²) in [6.07, 6.45) is 0.797. The van der Waals surface area contributed by atoms with Crippen LogP contribution in [-0.4, -0.2) is 40.3 Å². The molecule has 2 rings (SSSR count). The molecular weight excluding hydrogens is 414 g/mol. The maximum Gasteiger partial charge on any atom is 0.254 e. The van der Waals surface area contributed by atoms with Gasteiger partial charge in [-0.15, -0.1) is 0 Å². The minimum atomic E-state index is -0.931. The number of aromatic nitrogens is 2. The van der Waals surface area contributed by atoms with E-state index in [1.165, 1.54) is 6.92 Å². The van der Waals surface area contributed by atoms with Crippen molar-refractivity contribution in [1.29, 1.82) is 0 Å². The van der Waals surface area contributed by atoms with Gasteiger partial charge in [-0.25, -0.2) is 4.98 Å². The predicted molar refractivity (Wildman–Crippen MR) is 120 cm³/mol. The Hall–Kier alpha value is -3.69. The van der Waals surface area contributed by atoms with Crippen LogP contribution in [0.15, 0.2) is 23.0 Å². The number of nitrogens with two attached hydrogens (primary N) is 1. The van der Waals surface area contributed by atoms with Crippen LogP contribution in [0.4, 0.5) is 5.69 Å². The summed E-state index contributed by atoms with van der Waals surface area (Å²) in [5.74, 6) is -0.667.